The van der Waals surface area contributed by atoms with Crippen molar-refractivity contribution >= 4 is 11.5 Å². The quantitative estimate of drug-likeness (QED) is 0.914. The van der Waals surface area contributed by atoms with E-state index in [1.807, 2.05) is 6.07 Å². The van der Waals surface area contributed by atoms with E-state index in [0.717, 1.165) is 12.1 Å². The lowest BCUT2D eigenvalue weighted by atomic mass is 10.1. The molecule has 1 heterocycles. The lowest BCUT2D eigenvalue weighted by Crippen LogP contribution is -2.07. The highest BCUT2D eigenvalue weighted by atomic mass is 19.4. The van der Waals surface area contributed by atoms with Gasteiger partial charge in [-0.15, -0.1) is 5.10 Å². The first-order valence-corrected chi connectivity index (χ1v) is 5.58. The molecule has 0 fully saturated rings. The third-order valence-electron chi connectivity index (χ3n) is 2.66. The summed E-state index contributed by atoms with van der Waals surface area (Å²) in [5.41, 5.74) is 0.272. The summed E-state index contributed by atoms with van der Waals surface area (Å²) in [7, 11) is 0. The summed E-state index contributed by atoms with van der Waals surface area (Å²) in [4.78, 5) is 0. The van der Waals surface area contributed by atoms with Crippen molar-refractivity contribution in [3.63, 3.8) is 0 Å². The summed E-state index contributed by atoms with van der Waals surface area (Å²) in [5, 5.41) is 18.9. The van der Waals surface area contributed by atoms with Crippen LogP contribution in [0.1, 0.15) is 16.7 Å². The van der Waals surface area contributed by atoms with Gasteiger partial charge in [0, 0.05) is 5.69 Å². The Morgan fingerprint density at radius 2 is 2.00 bits per heavy atom. The molecule has 2 aromatic rings. The van der Waals surface area contributed by atoms with Crippen LogP contribution in [-0.2, 0) is 6.18 Å². The summed E-state index contributed by atoms with van der Waals surface area (Å²) in [6.45, 7) is 1.66. The largest absolute Gasteiger partial charge is 0.416 e. The van der Waals surface area contributed by atoms with E-state index < -0.39 is 11.7 Å². The number of benzene rings is 1. The van der Waals surface area contributed by atoms with Crippen LogP contribution >= 0.6 is 0 Å². The van der Waals surface area contributed by atoms with Gasteiger partial charge < -0.3 is 5.32 Å². The van der Waals surface area contributed by atoms with Crippen LogP contribution in [0.15, 0.2) is 30.5 Å². The van der Waals surface area contributed by atoms with Gasteiger partial charge in [-0.3, -0.25) is 0 Å². The summed E-state index contributed by atoms with van der Waals surface area (Å²) in [6, 6.07) is 6.66. The lowest BCUT2D eigenvalue weighted by Gasteiger charge is -2.13. The van der Waals surface area contributed by atoms with Crippen molar-refractivity contribution in [3.8, 4) is 6.07 Å². The zero-order valence-corrected chi connectivity index (χ0v) is 10.4. The lowest BCUT2D eigenvalue weighted by molar-refractivity contribution is -0.137. The van der Waals surface area contributed by atoms with Crippen LogP contribution in [0.2, 0.25) is 0 Å². The number of aromatic nitrogens is 2. The van der Waals surface area contributed by atoms with Crippen LogP contribution < -0.4 is 5.32 Å². The predicted octanol–water partition coefficient (Wildman–Crippen LogP) is 3.42. The smallest absolute Gasteiger partial charge is 0.337 e. The molecule has 7 heteroatoms. The number of hydrogen-bond donors (Lipinski definition) is 1. The molecule has 0 aliphatic carbocycles. The molecule has 1 N–H and O–H groups in total. The topological polar surface area (TPSA) is 61.6 Å². The third kappa shape index (κ3) is 2.85. The zero-order valence-electron chi connectivity index (χ0n) is 10.4. The molecule has 0 saturated carbocycles. The summed E-state index contributed by atoms with van der Waals surface area (Å²) >= 11 is 0. The molecule has 0 radical (unpaired) electrons. The summed E-state index contributed by atoms with van der Waals surface area (Å²) in [6.07, 6.45) is -3.09. The van der Waals surface area contributed by atoms with Crippen LogP contribution in [-0.4, -0.2) is 10.2 Å². The molecular formula is C13H9F3N4. The molecule has 0 amide bonds. The number of halogens is 3. The number of nitrogens with one attached hydrogen (secondary N) is 1. The SMILES string of the molecule is Cc1ccc(C(F)(F)F)cc1Nc1nnccc1C#N. The highest BCUT2D eigenvalue weighted by molar-refractivity contribution is 5.65. The zero-order chi connectivity index (χ0) is 14.8. The van der Waals surface area contributed by atoms with Crippen molar-refractivity contribution in [3.05, 3.63) is 47.2 Å². The Bertz CT molecular complexity index is 674. The Hall–Kier alpha value is -2.62. The van der Waals surface area contributed by atoms with Crippen molar-refractivity contribution in [2.45, 2.75) is 13.1 Å². The molecule has 4 nitrogen and oxygen atoms in total. The Morgan fingerprint density at radius 1 is 1.25 bits per heavy atom. The van der Waals surface area contributed by atoms with Crippen LogP contribution in [0.4, 0.5) is 24.7 Å². The van der Waals surface area contributed by atoms with Gasteiger partial charge in [-0.2, -0.15) is 23.5 Å². The second-order valence-electron chi connectivity index (χ2n) is 4.06. The van der Waals surface area contributed by atoms with Gasteiger partial charge in [0.05, 0.1) is 17.3 Å². The van der Waals surface area contributed by atoms with E-state index in [0.29, 0.717) is 5.56 Å². The standard InChI is InChI=1S/C13H9F3N4/c1-8-2-3-10(13(14,15)16)6-11(8)19-12-9(7-17)4-5-18-20-12/h2-6H,1H3,(H,19,20). The maximum absolute atomic E-state index is 12.7. The van der Waals surface area contributed by atoms with E-state index in [4.69, 9.17) is 5.26 Å². The molecule has 0 unspecified atom stereocenters. The number of nitrogens with zero attached hydrogens (tertiary/aromatic N) is 3. The Balaban J connectivity index is 2.41. The van der Waals surface area contributed by atoms with E-state index in [1.54, 1.807) is 6.92 Å². The number of rotatable bonds is 2. The van der Waals surface area contributed by atoms with Gasteiger partial charge in [0.2, 0.25) is 0 Å². The fraction of sp³-hybridized carbons (Fsp3) is 0.154. The van der Waals surface area contributed by atoms with Gasteiger partial charge in [0.15, 0.2) is 5.82 Å². The maximum atomic E-state index is 12.7. The molecule has 0 spiro atoms. The van der Waals surface area contributed by atoms with Gasteiger partial charge in [-0.05, 0) is 30.7 Å². The number of nitriles is 1. The van der Waals surface area contributed by atoms with Crippen molar-refractivity contribution in [1.82, 2.24) is 10.2 Å². The first kappa shape index (κ1) is 13.8. The average molecular weight is 278 g/mol. The van der Waals surface area contributed by atoms with Crippen LogP contribution in [0.25, 0.3) is 0 Å². The molecule has 102 valence electrons. The van der Waals surface area contributed by atoms with Gasteiger partial charge in [-0.25, -0.2) is 0 Å². The van der Waals surface area contributed by atoms with Gasteiger partial charge >= 0.3 is 6.18 Å². The van der Waals surface area contributed by atoms with Gasteiger partial charge in [0.25, 0.3) is 0 Å². The number of aryl methyl sites for hydroxylation is 1. The Kier molecular flexibility index (Phi) is 3.57. The first-order valence-electron chi connectivity index (χ1n) is 5.58. The molecule has 2 rings (SSSR count). The molecule has 1 aromatic carbocycles. The fourth-order valence-electron chi connectivity index (χ4n) is 1.57. The van der Waals surface area contributed by atoms with E-state index in [1.165, 1.54) is 18.3 Å². The van der Waals surface area contributed by atoms with Crippen molar-refractivity contribution < 1.29 is 13.2 Å². The first-order chi connectivity index (χ1) is 9.41. The highest BCUT2D eigenvalue weighted by Gasteiger charge is 2.30. The van der Waals surface area contributed by atoms with Crippen molar-refractivity contribution in [2.24, 2.45) is 0 Å². The minimum atomic E-state index is -4.43. The van der Waals surface area contributed by atoms with Crippen molar-refractivity contribution in [2.75, 3.05) is 5.32 Å². The number of alkyl halides is 3. The van der Waals surface area contributed by atoms with Crippen LogP contribution in [0, 0.1) is 18.3 Å². The third-order valence-corrected chi connectivity index (χ3v) is 2.66. The Labute approximate surface area is 112 Å². The highest BCUT2D eigenvalue weighted by Crippen LogP contribution is 2.33. The second-order valence-corrected chi connectivity index (χ2v) is 4.06. The molecular weight excluding hydrogens is 269 g/mol. The van der Waals surface area contributed by atoms with Gasteiger partial charge in [0.1, 0.15) is 6.07 Å². The fourth-order valence-corrected chi connectivity index (χ4v) is 1.57. The molecule has 0 bridgehead atoms. The average Bonchev–Trinajstić information content (AvgIpc) is 2.40. The van der Waals surface area contributed by atoms with Crippen LogP contribution in [0.3, 0.4) is 0 Å². The monoisotopic (exact) mass is 278 g/mol. The molecule has 0 aliphatic heterocycles. The Morgan fingerprint density at radius 3 is 2.65 bits per heavy atom. The molecule has 0 saturated heterocycles. The summed E-state index contributed by atoms with van der Waals surface area (Å²) in [5.74, 6) is 0.123. The summed E-state index contributed by atoms with van der Waals surface area (Å²) < 4.78 is 38.0. The van der Waals surface area contributed by atoms with E-state index in [-0.39, 0.29) is 17.1 Å². The minimum Gasteiger partial charge on any atom is -0.337 e. The minimum absolute atomic E-state index is 0.123. The number of hydrogen-bond acceptors (Lipinski definition) is 4. The van der Waals surface area contributed by atoms with E-state index in [9.17, 15) is 13.2 Å². The predicted molar refractivity (Wildman–Crippen MR) is 66.2 cm³/mol. The van der Waals surface area contributed by atoms with E-state index in [2.05, 4.69) is 15.5 Å². The molecule has 1 aromatic heterocycles. The van der Waals surface area contributed by atoms with Crippen molar-refractivity contribution in [1.29, 1.82) is 5.26 Å². The molecule has 0 aliphatic rings. The number of anilines is 2. The normalized spacial score (nSPS) is 10.9. The van der Waals surface area contributed by atoms with Gasteiger partial charge in [-0.1, -0.05) is 6.07 Å². The van der Waals surface area contributed by atoms with Crippen LogP contribution in [0.5, 0.6) is 0 Å². The molecule has 0 atom stereocenters. The maximum Gasteiger partial charge on any atom is 0.416 e. The molecule has 20 heavy (non-hydrogen) atoms. The van der Waals surface area contributed by atoms with E-state index >= 15 is 0 Å². The second kappa shape index (κ2) is 5.17.